The fraction of sp³-hybridized carbons (Fsp3) is 0.464. The van der Waals surface area contributed by atoms with Crippen LogP contribution in [0.3, 0.4) is 0 Å². The largest absolute Gasteiger partial charge is 0.453 e. The molecular formula is C28H34BrN3O3. The van der Waals surface area contributed by atoms with Gasteiger partial charge >= 0.3 is 6.09 Å². The monoisotopic (exact) mass is 539 g/mol. The van der Waals surface area contributed by atoms with Gasteiger partial charge in [-0.15, -0.1) is 0 Å². The van der Waals surface area contributed by atoms with E-state index in [9.17, 15) is 9.59 Å². The number of carbonyl (C=O) groups is 2. The summed E-state index contributed by atoms with van der Waals surface area (Å²) < 4.78 is 5.82. The van der Waals surface area contributed by atoms with Crippen molar-refractivity contribution in [3.63, 3.8) is 0 Å². The van der Waals surface area contributed by atoms with Gasteiger partial charge in [0, 0.05) is 22.9 Å². The predicted octanol–water partition coefficient (Wildman–Crippen LogP) is 6.19. The van der Waals surface area contributed by atoms with Crippen molar-refractivity contribution in [3.05, 3.63) is 52.6 Å². The van der Waals surface area contributed by atoms with Crippen LogP contribution < -0.4 is 5.32 Å². The van der Waals surface area contributed by atoms with Crippen molar-refractivity contribution in [2.45, 2.75) is 58.5 Å². The van der Waals surface area contributed by atoms with Crippen molar-refractivity contribution in [2.75, 3.05) is 13.7 Å². The van der Waals surface area contributed by atoms with Crippen LogP contribution in [0.15, 0.2) is 52.1 Å². The zero-order valence-corrected chi connectivity index (χ0v) is 22.5. The summed E-state index contributed by atoms with van der Waals surface area (Å²) in [5, 5.41) is 5.13. The summed E-state index contributed by atoms with van der Waals surface area (Å²) in [6.07, 6.45) is 5.10. The first-order valence-electron chi connectivity index (χ1n) is 12.4. The Morgan fingerprint density at radius 1 is 1.14 bits per heavy atom. The number of alkyl carbamates (subject to hydrolysis) is 1. The van der Waals surface area contributed by atoms with E-state index >= 15 is 0 Å². The van der Waals surface area contributed by atoms with Gasteiger partial charge in [0.05, 0.1) is 13.2 Å². The highest BCUT2D eigenvalue weighted by Gasteiger charge is 2.38. The van der Waals surface area contributed by atoms with E-state index in [4.69, 9.17) is 9.73 Å². The molecule has 1 fully saturated rings. The van der Waals surface area contributed by atoms with Gasteiger partial charge in [-0.3, -0.25) is 9.79 Å². The average Bonchev–Trinajstić information content (AvgIpc) is 3.25. The molecule has 35 heavy (non-hydrogen) atoms. The molecule has 0 bridgehead atoms. The molecule has 3 atom stereocenters. The first kappa shape index (κ1) is 25.4. The molecule has 2 aromatic carbocycles. The third-order valence-corrected chi connectivity index (χ3v) is 7.67. The average molecular weight is 541 g/mol. The molecule has 0 radical (unpaired) electrons. The lowest BCUT2D eigenvalue weighted by atomic mass is 9.89. The van der Waals surface area contributed by atoms with Gasteiger partial charge in [0.1, 0.15) is 6.04 Å². The van der Waals surface area contributed by atoms with Crippen molar-refractivity contribution in [2.24, 2.45) is 16.8 Å². The van der Waals surface area contributed by atoms with Crippen molar-refractivity contribution in [1.29, 1.82) is 0 Å². The maximum absolute atomic E-state index is 13.5. The van der Waals surface area contributed by atoms with Crippen molar-refractivity contribution >= 4 is 50.0 Å². The van der Waals surface area contributed by atoms with Gasteiger partial charge in [0.25, 0.3) is 0 Å². The highest BCUT2D eigenvalue weighted by molar-refractivity contribution is 9.10. The molecule has 3 unspecified atom stereocenters. The van der Waals surface area contributed by atoms with Crippen LogP contribution in [0.4, 0.5) is 4.79 Å². The zero-order valence-electron chi connectivity index (χ0n) is 20.9. The topological polar surface area (TPSA) is 71.0 Å². The summed E-state index contributed by atoms with van der Waals surface area (Å²) in [6.45, 7) is 6.81. The number of amides is 2. The minimum atomic E-state index is -0.614. The molecule has 2 aromatic rings. The number of nitrogens with zero attached hydrogens (tertiary/aromatic N) is 2. The Labute approximate surface area is 215 Å². The van der Waals surface area contributed by atoms with Gasteiger partial charge in [-0.25, -0.2) is 4.79 Å². The Balaban J connectivity index is 1.59. The third-order valence-electron chi connectivity index (χ3n) is 7.18. The second-order valence-electron chi connectivity index (χ2n) is 9.90. The van der Waals surface area contributed by atoms with Crippen LogP contribution in [-0.4, -0.2) is 48.4 Å². The highest BCUT2D eigenvalue weighted by Crippen LogP contribution is 2.34. The lowest BCUT2D eigenvalue weighted by Gasteiger charge is -2.31. The van der Waals surface area contributed by atoms with E-state index in [0.717, 1.165) is 35.9 Å². The molecule has 2 aliphatic rings. The molecule has 7 heteroatoms. The number of benzene rings is 2. The Morgan fingerprint density at radius 2 is 1.89 bits per heavy atom. The molecule has 0 aromatic heterocycles. The van der Waals surface area contributed by atoms with Crippen LogP contribution in [0, 0.1) is 11.8 Å². The van der Waals surface area contributed by atoms with Gasteiger partial charge in [-0.2, -0.15) is 0 Å². The van der Waals surface area contributed by atoms with Gasteiger partial charge in [-0.05, 0) is 77.6 Å². The van der Waals surface area contributed by atoms with Crippen LogP contribution in [0.5, 0.6) is 0 Å². The number of methoxy groups -OCH3 is 1. The summed E-state index contributed by atoms with van der Waals surface area (Å²) in [4.78, 5) is 32.2. The van der Waals surface area contributed by atoms with Crippen LogP contribution in [-0.2, 0) is 9.53 Å². The first-order chi connectivity index (χ1) is 16.8. The molecule has 1 saturated heterocycles. The van der Waals surface area contributed by atoms with Crippen LogP contribution in [0.25, 0.3) is 16.3 Å². The SMILES string of the molecule is COC(=O)NC(C(=O)N1CCCC1C1=NC=C(c2ccc3cc(Br)ccc3c2)C(C)CC1)C(C)C. The predicted molar refractivity (Wildman–Crippen MR) is 144 cm³/mol. The number of halogens is 1. The molecule has 0 spiro atoms. The number of rotatable bonds is 5. The van der Waals surface area contributed by atoms with Crippen molar-refractivity contribution in [3.8, 4) is 0 Å². The van der Waals surface area contributed by atoms with E-state index in [-0.39, 0.29) is 17.9 Å². The van der Waals surface area contributed by atoms with Gasteiger partial charge in [-0.1, -0.05) is 54.9 Å². The molecule has 0 aliphatic carbocycles. The number of hydrogen-bond donors (Lipinski definition) is 1. The number of fused-ring (bicyclic) bond motifs is 1. The molecule has 186 valence electrons. The van der Waals surface area contributed by atoms with E-state index in [1.165, 1.54) is 29.0 Å². The van der Waals surface area contributed by atoms with E-state index in [1.54, 1.807) is 0 Å². The van der Waals surface area contributed by atoms with Gasteiger partial charge in [0.2, 0.25) is 5.91 Å². The molecule has 4 rings (SSSR count). The van der Waals surface area contributed by atoms with Crippen LogP contribution in [0.2, 0.25) is 0 Å². The van der Waals surface area contributed by atoms with Gasteiger partial charge < -0.3 is 15.0 Å². The maximum atomic E-state index is 13.5. The molecule has 6 nitrogen and oxygen atoms in total. The second kappa shape index (κ2) is 10.9. The number of nitrogens with one attached hydrogen (secondary N) is 1. The molecule has 2 amide bonds. The Morgan fingerprint density at radius 3 is 2.63 bits per heavy atom. The normalized spacial score (nSPS) is 21.4. The number of aliphatic imine (C=N–C) groups is 1. The van der Waals surface area contributed by atoms with Crippen molar-refractivity contribution < 1.29 is 14.3 Å². The van der Waals surface area contributed by atoms with E-state index in [1.807, 2.05) is 24.9 Å². The highest BCUT2D eigenvalue weighted by atomic mass is 79.9. The van der Waals surface area contributed by atoms with E-state index in [0.29, 0.717) is 12.5 Å². The number of ether oxygens (including phenoxy) is 1. The summed E-state index contributed by atoms with van der Waals surface area (Å²) in [5.41, 5.74) is 3.48. The summed E-state index contributed by atoms with van der Waals surface area (Å²) >= 11 is 3.55. The standard InChI is InChI=1S/C28H34BrN3O3/c1-17(2)26(31-28(34)35-4)27(33)32-13-5-6-25(32)24-12-7-18(3)23(16-30-24)21-9-8-20-15-22(29)11-10-19(20)14-21/h8-11,14-18,25-26H,5-7,12-13H2,1-4H3,(H,31,34). The third kappa shape index (κ3) is 5.61. The first-order valence-corrected chi connectivity index (χ1v) is 13.2. The molecular weight excluding hydrogens is 506 g/mol. The van der Waals surface area contributed by atoms with Crippen molar-refractivity contribution in [1.82, 2.24) is 10.2 Å². The zero-order chi connectivity index (χ0) is 25.1. The fourth-order valence-electron chi connectivity index (χ4n) is 5.13. The van der Waals surface area contributed by atoms with Gasteiger partial charge in [0.15, 0.2) is 0 Å². The van der Waals surface area contributed by atoms with E-state index < -0.39 is 12.1 Å². The smallest absolute Gasteiger partial charge is 0.407 e. The molecule has 0 saturated carbocycles. The number of likely N-dealkylation sites (tertiary alicyclic amines) is 1. The van der Waals surface area contributed by atoms with Crippen LogP contribution >= 0.6 is 15.9 Å². The molecule has 2 aliphatic heterocycles. The minimum Gasteiger partial charge on any atom is -0.453 e. The van der Waals surface area contributed by atoms with Crippen LogP contribution in [0.1, 0.15) is 52.0 Å². The minimum absolute atomic E-state index is 0.0278. The summed E-state index contributed by atoms with van der Waals surface area (Å²) in [6, 6.07) is 12.3. The Kier molecular flexibility index (Phi) is 7.95. The fourth-order valence-corrected chi connectivity index (χ4v) is 5.51. The van der Waals surface area contributed by atoms with E-state index in [2.05, 4.69) is 64.6 Å². The molecule has 1 N–H and O–H groups in total. The number of allylic oxidation sites excluding steroid dienone is 1. The Bertz CT molecular complexity index is 1170. The molecule has 2 heterocycles. The Hall–Kier alpha value is -2.67. The maximum Gasteiger partial charge on any atom is 0.407 e. The number of carbonyl (C=O) groups excluding carboxylic acids is 2. The summed E-state index contributed by atoms with van der Waals surface area (Å²) in [5.74, 6) is 0.260. The summed E-state index contributed by atoms with van der Waals surface area (Å²) in [7, 11) is 1.32. The number of hydrogen-bond acceptors (Lipinski definition) is 4. The second-order valence-corrected chi connectivity index (χ2v) is 10.8. The quantitative estimate of drug-likeness (QED) is 0.492. The lowest BCUT2D eigenvalue weighted by Crippen LogP contribution is -2.53. The lowest BCUT2D eigenvalue weighted by molar-refractivity contribution is -0.134.